The van der Waals surface area contributed by atoms with E-state index in [1.165, 1.54) is 29.9 Å². The zero-order valence-electron chi connectivity index (χ0n) is 15.2. The highest BCUT2D eigenvalue weighted by Crippen LogP contribution is 2.48. The lowest BCUT2D eigenvalue weighted by Gasteiger charge is -2.50. The van der Waals surface area contributed by atoms with Crippen molar-refractivity contribution in [3.05, 3.63) is 64.7 Å². The summed E-state index contributed by atoms with van der Waals surface area (Å²) in [4.78, 5) is 15.4. The van der Waals surface area contributed by atoms with E-state index >= 15 is 0 Å². The molecular weight excluding hydrogens is 346 g/mol. The second-order valence-electron chi connectivity index (χ2n) is 7.70. The molecule has 2 aromatic carbocycles. The quantitative estimate of drug-likeness (QED) is 0.814. The molecule has 26 heavy (non-hydrogen) atoms. The van der Waals surface area contributed by atoms with Crippen LogP contribution in [0.1, 0.15) is 46.3 Å². The third-order valence-corrected chi connectivity index (χ3v) is 7.02. The number of fused-ring (bicyclic) bond motifs is 2. The molecule has 0 N–H and O–H groups in total. The first-order chi connectivity index (χ1) is 12.3. The highest BCUT2D eigenvalue weighted by Gasteiger charge is 2.45. The van der Waals surface area contributed by atoms with Gasteiger partial charge in [0.25, 0.3) is 5.91 Å². The van der Waals surface area contributed by atoms with Crippen molar-refractivity contribution >= 4 is 15.7 Å². The summed E-state index contributed by atoms with van der Waals surface area (Å²) in [5, 5.41) is 0. The minimum Gasteiger partial charge on any atom is -0.333 e. The third kappa shape index (κ3) is 2.75. The molecule has 2 aliphatic rings. The lowest BCUT2D eigenvalue weighted by molar-refractivity contribution is 0.0586. The van der Waals surface area contributed by atoms with Crippen molar-refractivity contribution in [2.75, 3.05) is 12.8 Å². The largest absolute Gasteiger partial charge is 0.333 e. The Bertz CT molecular complexity index is 990. The van der Waals surface area contributed by atoms with Crippen LogP contribution in [0, 0.1) is 6.92 Å². The first kappa shape index (κ1) is 17.3. The maximum Gasteiger partial charge on any atom is 0.254 e. The SMILES string of the molecule is Cc1ccc(S(C)(=O)=O)cc1C(=O)N1Cc2ccccc2C2(CCC2)C1. The van der Waals surface area contributed by atoms with Gasteiger partial charge >= 0.3 is 0 Å². The molecule has 0 aromatic heterocycles. The first-order valence-corrected chi connectivity index (χ1v) is 10.9. The number of carbonyl (C=O) groups is 1. The molecule has 1 fully saturated rings. The number of benzene rings is 2. The molecule has 5 heteroatoms. The number of amides is 1. The molecule has 1 heterocycles. The molecule has 0 saturated heterocycles. The van der Waals surface area contributed by atoms with Gasteiger partial charge in [0.15, 0.2) is 9.84 Å². The van der Waals surface area contributed by atoms with Gasteiger partial charge in [0.1, 0.15) is 0 Å². The first-order valence-electron chi connectivity index (χ1n) is 8.99. The van der Waals surface area contributed by atoms with Crippen molar-refractivity contribution in [1.29, 1.82) is 0 Å². The second-order valence-corrected chi connectivity index (χ2v) is 9.72. The summed E-state index contributed by atoms with van der Waals surface area (Å²) in [5.74, 6) is -0.0752. The van der Waals surface area contributed by atoms with Crippen LogP contribution in [0.4, 0.5) is 0 Å². The topological polar surface area (TPSA) is 54.5 Å². The maximum absolute atomic E-state index is 13.3. The summed E-state index contributed by atoms with van der Waals surface area (Å²) >= 11 is 0. The Labute approximate surface area is 154 Å². The summed E-state index contributed by atoms with van der Waals surface area (Å²) in [5.41, 5.74) is 3.97. The van der Waals surface area contributed by atoms with Gasteiger partial charge in [-0.3, -0.25) is 4.79 Å². The number of carbonyl (C=O) groups excluding carboxylic acids is 1. The maximum atomic E-state index is 13.3. The van der Waals surface area contributed by atoms with E-state index in [4.69, 9.17) is 0 Å². The molecule has 4 nitrogen and oxygen atoms in total. The summed E-state index contributed by atoms with van der Waals surface area (Å²) in [6.07, 6.45) is 4.58. The number of hydrogen-bond acceptors (Lipinski definition) is 3. The van der Waals surface area contributed by atoms with Gasteiger partial charge in [-0.05, 0) is 48.6 Å². The summed E-state index contributed by atoms with van der Waals surface area (Å²) < 4.78 is 23.8. The predicted molar refractivity (Wildman–Crippen MR) is 101 cm³/mol. The molecule has 1 amide bonds. The van der Waals surface area contributed by atoms with Crippen LogP contribution in [0.3, 0.4) is 0 Å². The Morgan fingerprint density at radius 3 is 2.50 bits per heavy atom. The fraction of sp³-hybridized carbons (Fsp3) is 0.381. The number of nitrogens with zero attached hydrogens (tertiary/aromatic N) is 1. The summed E-state index contributed by atoms with van der Waals surface area (Å²) in [6, 6.07) is 13.2. The van der Waals surface area contributed by atoms with Crippen LogP contribution in [-0.2, 0) is 21.8 Å². The molecular formula is C21H23NO3S. The van der Waals surface area contributed by atoms with Gasteiger partial charge in [0.2, 0.25) is 0 Å². The van der Waals surface area contributed by atoms with Crippen LogP contribution >= 0.6 is 0 Å². The zero-order valence-corrected chi connectivity index (χ0v) is 16.0. The number of aryl methyl sites for hydroxylation is 1. The average Bonchev–Trinajstić information content (AvgIpc) is 2.58. The Kier molecular flexibility index (Phi) is 3.95. The second kappa shape index (κ2) is 5.95. The van der Waals surface area contributed by atoms with Crippen molar-refractivity contribution in [2.24, 2.45) is 0 Å². The molecule has 0 atom stereocenters. The normalized spacial score (nSPS) is 18.3. The van der Waals surface area contributed by atoms with E-state index in [9.17, 15) is 13.2 Å². The van der Waals surface area contributed by atoms with E-state index in [0.29, 0.717) is 18.7 Å². The van der Waals surface area contributed by atoms with Crippen LogP contribution < -0.4 is 0 Å². The highest BCUT2D eigenvalue weighted by molar-refractivity contribution is 7.90. The number of sulfone groups is 1. The van der Waals surface area contributed by atoms with Crippen molar-refractivity contribution < 1.29 is 13.2 Å². The van der Waals surface area contributed by atoms with Crippen LogP contribution in [0.25, 0.3) is 0 Å². The standard InChI is InChI=1S/C21H23NO3S/c1-15-8-9-17(26(2,24)25)12-18(15)20(23)22-13-16-6-3-4-7-19(16)21(14-22)10-5-11-21/h3-4,6-9,12H,5,10-11,13-14H2,1-2H3. The van der Waals surface area contributed by atoms with Crippen LogP contribution in [0.2, 0.25) is 0 Å². The zero-order chi connectivity index (χ0) is 18.5. The van der Waals surface area contributed by atoms with Gasteiger partial charge in [0.05, 0.1) is 4.90 Å². The fourth-order valence-corrected chi connectivity index (χ4v) is 4.94. The molecule has 1 aliphatic carbocycles. The Morgan fingerprint density at radius 1 is 1.12 bits per heavy atom. The Hall–Kier alpha value is -2.14. The molecule has 136 valence electrons. The molecule has 1 saturated carbocycles. The van der Waals surface area contributed by atoms with Gasteiger partial charge in [-0.25, -0.2) is 8.42 Å². The Morgan fingerprint density at radius 2 is 1.85 bits per heavy atom. The van der Waals surface area contributed by atoms with Gasteiger partial charge < -0.3 is 4.90 Å². The lowest BCUT2D eigenvalue weighted by atomic mass is 9.61. The molecule has 1 aliphatic heterocycles. The highest BCUT2D eigenvalue weighted by atomic mass is 32.2. The minimum absolute atomic E-state index is 0.0752. The molecule has 1 spiro atoms. The molecule has 4 rings (SSSR count). The monoisotopic (exact) mass is 369 g/mol. The average molecular weight is 369 g/mol. The summed E-state index contributed by atoms with van der Waals surface area (Å²) in [7, 11) is -3.34. The van der Waals surface area contributed by atoms with Crippen LogP contribution in [-0.4, -0.2) is 32.0 Å². The van der Waals surface area contributed by atoms with Crippen molar-refractivity contribution in [3.63, 3.8) is 0 Å². The van der Waals surface area contributed by atoms with Gasteiger partial charge in [-0.1, -0.05) is 36.8 Å². The van der Waals surface area contributed by atoms with E-state index in [0.717, 1.165) is 18.4 Å². The summed E-state index contributed by atoms with van der Waals surface area (Å²) in [6.45, 7) is 3.15. The van der Waals surface area contributed by atoms with Gasteiger partial charge in [-0.2, -0.15) is 0 Å². The van der Waals surface area contributed by atoms with Crippen LogP contribution in [0.15, 0.2) is 47.4 Å². The van der Waals surface area contributed by atoms with Crippen molar-refractivity contribution in [1.82, 2.24) is 4.90 Å². The van der Waals surface area contributed by atoms with E-state index in [2.05, 4.69) is 18.2 Å². The van der Waals surface area contributed by atoms with E-state index in [-0.39, 0.29) is 16.2 Å². The van der Waals surface area contributed by atoms with E-state index in [1.807, 2.05) is 17.9 Å². The van der Waals surface area contributed by atoms with E-state index in [1.54, 1.807) is 12.1 Å². The van der Waals surface area contributed by atoms with E-state index < -0.39 is 9.84 Å². The fourth-order valence-electron chi connectivity index (χ4n) is 4.29. The van der Waals surface area contributed by atoms with Crippen LogP contribution in [0.5, 0.6) is 0 Å². The molecule has 0 radical (unpaired) electrons. The predicted octanol–water partition coefficient (Wildman–Crippen LogP) is 3.48. The smallest absolute Gasteiger partial charge is 0.254 e. The van der Waals surface area contributed by atoms with Gasteiger partial charge in [0, 0.05) is 30.3 Å². The molecule has 2 aromatic rings. The Balaban J connectivity index is 1.72. The molecule has 0 bridgehead atoms. The molecule has 0 unspecified atom stereocenters. The van der Waals surface area contributed by atoms with Crippen molar-refractivity contribution in [3.8, 4) is 0 Å². The number of rotatable bonds is 2. The lowest BCUT2D eigenvalue weighted by Crippen LogP contribution is -2.51. The minimum atomic E-state index is -3.34. The third-order valence-electron chi connectivity index (χ3n) is 5.91. The van der Waals surface area contributed by atoms with Gasteiger partial charge in [-0.15, -0.1) is 0 Å². The number of hydrogen-bond donors (Lipinski definition) is 0. The van der Waals surface area contributed by atoms with Crippen molar-refractivity contribution in [2.45, 2.75) is 43.0 Å².